The summed E-state index contributed by atoms with van der Waals surface area (Å²) < 4.78 is 5.75. The summed E-state index contributed by atoms with van der Waals surface area (Å²) in [4.78, 5) is 0.628. The Hall–Kier alpha value is 0.140. The maximum Gasteiger partial charge on any atom is 0.125 e. The monoisotopic (exact) mass is 332 g/mol. The van der Waals surface area contributed by atoms with Crippen LogP contribution in [-0.2, 0) is 12.8 Å². The van der Waals surface area contributed by atoms with Gasteiger partial charge < -0.3 is 4.74 Å². The summed E-state index contributed by atoms with van der Waals surface area (Å²) in [6.45, 7) is 0.805. The minimum Gasteiger partial charge on any atom is -0.493 e. The Labute approximate surface area is 119 Å². The Kier molecular flexibility index (Phi) is 3.60. The highest BCUT2D eigenvalue weighted by molar-refractivity contribution is 9.09. The molecule has 4 heteroatoms. The summed E-state index contributed by atoms with van der Waals surface area (Å²) in [6.07, 6.45) is 2.08. The molecular formula is C13H14BrClOS. The van der Waals surface area contributed by atoms with E-state index >= 15 is 0 Å². The van der Waals surface area contributed by atoms with Gasteiger partial charge in [-0.25, -0.2) is 0 Å². The number of halogens is 2. The fourth-order valence-electron chi connectivity index (χ4n) is 2.54. The molecule has 0 amide bonds. The third-order valence-corrected chi connectivity index (χ3v) is 6.40. The number of hydrogen-bond donors (Lipinski definition) is 0. The van der Waals surface area contributed by atoms with Crippen LogP contribution in [0.1, 0.15) is 11.1 Å². The standard InChI is InChI=1S/C13H14BrClOS/c14-12-7-17-6-10(12)3-9-5-11(15)4-8-1-2-16-13(8)9/h4-5,10,12H,1-3,6-7H2. The Morgan fingerprint density at radius 1 is 1.41 bits per heavy atom. The molecule has 17 heavy (non-hydrogen) atoms. The van der Waals surface area contributed by atoms with Crippen molar-refractivity contribution in [1.82, 2.24) is 0 Å². The van der Waals surface area contributed by atoms with Crippen LogP contribution in [0.5, 0.6) is 5.75 Å². The Bertz CT molecular complexity index is 438. The molecule has 2 unspecified atom stereocenters. The van der Waals surface area contributed by atoms with Crippen LogP contribution in [0, 0.1) is 5.92 Å². The first-order valence-corrected chi connectivity index (χ1v) is 8.35. The van der Waals surface area contributed by atoms with Gasteiger partial charge in [-0.05, 0) is 41.4 Å². The molecular weight excluding hydrogens is 320 g/mol. The first-order valence-electron chi connectivity index (χ1n) is 5.90. The van der Waals surface area contributed by atoms with Gasteiger partial charge in [0.25, 0.3) is 0 Å². The number of thioether (sulfide) groups is 1. The normalized spacial score (nSPS) is 26.9. The average Bonchev–Trinajstić information content (AvgIpc) is 2.88. The molecule has 92 valence electrons. The van der Waals surface area contributed by atoms with Crippen LogP contribution in [0.4, 0.5) is 0 Å². The van der Waals surface area contributed by atoms with Crippen LogP contribution < -0.4 is 4.74 Å². The fraction of sp³-hybridized carbons (Fsp3) is 0.538. The van der Waals surface area contributed by atoms with Gasteiger partial charge in [0, 0.05) is 22.0 Å². The lowest BCUT2D eigenvalue weighted by Gasteiger charge is -2.15. The van der Waals surface area contributed by atoms with E-state index in [4.69, 9.17) is 16.3 Å². The van der Waals surface area contributed by atoms with Gasteiger partial charge in [-0.15, -0.1) is 0 Å². The molecule has 0 aliphatic carbocycles. The first kappa shape index (κ1) is 12.2. The predicted molar refractivity (Wildman–Crippen MR) is 77.9 cm³/mol. The van der Waals surface area contributed by atoms with Gasteiger partial charge in [-0.1, -0.05) is 27.5 Å². The second-order valence-corrected chi connectivity index (χ2v) is 7.36. The van der Waals surface area contributed by atoms with Crippen molar-refractivity contribution in [2.75, 3.05) is 18.1 Å². The third kappa shape index (κ3) is 2.47. The summed E-state index contributed by atoms with van der Waals surface area (Å²) in [7, 11) is 0. The first-order chi connectivity index (χ1) is 8.24. The van der Waals surface area contributed by atoms with E-state index in [1.807, 2.05) is 17.8 Å². The SMILES string of the molecule is Clc1cc2c(c(CC3CSCC3Br)c1)OCC2. The molecule has 0 bridgehead atoms. The molecule has 0 saturated carbocycles. The number of ether oxygens (including phenoxy) is 1. The van der Waals surface area contributed by atoms with Gasteiger partial charge in [0.2, 0.25) is 0 Å². The molecule has 0 N–H and O–H groups in total. The molecule has 0 radical (unpaired) electrons. The quantitative estimate of drug-likeness (QED) is 0.758. The minimum atomic E-state index is 0.628. The number of hydrogen-bond acceptors (Lipinski definition) is 2. The smallest absolute Gasteiger partial charge is 0.125 e. The van der Waals surface area contributed by atoms with E-state index in [9.17, 15) is 0 Å². The summed E-state index contributed by atoms with van der Waals surface area (Å²) in [6, 6.07) is 4.12. The van der Waals surface area contributed by atoms with E-state index < -0.39 is 0 Å². The van der Waals surface area contributed by atoms with Crippen LogP contribution in [0.3, 0.4) is 0 Å². The number of alkyl halides is 1. The second-order valence-electron chi connectivity index (χ2n) is 4.67. The molecule has 2 heterocycles. The highest BCUT2D eigenvalue weighted by Gasteiger charge is 2.28. The van der Waals surface area contributed by atoms with Gasteiger partial charge in [0.1, 0.15) is 5.75 Å². The zero-order valence-electron chi connectivity index (χ0n) is 9.42. The second kappa shape index (κ2) is 5.02. The summed E-state index contributed by atoms with van der Waals surface area (Å²) in [5.74, 6) is 4.25. The van der Waals surface area contributed by atoms with Crippen molar-refractivity contribution in [3.8, 4) is 5.75 Å². The third-order valence-electron chi connectivity index (χ3n) is 3.43. The van der Waals surface area contributed by atoms with Gasteiger partial charge in [0.15, 0.2) is 0 Å². The Morgan fingerprint density at radius 2 is 2.29 bits per heavy atom. The number of rotatable bonds is 2. The molecule has 0 aromatic heterocycles. The van der Waals surface area contributed by atoms with E-state index in [2.05, 4.69) is 22.0 Å². The number of benzene rings is 1. The van der Waals surface area contributed by atoms with Crippen LogP contribution >= 0.6 is 39.3 Å². The molecule has 0 spiro atoms. The van der Waals surface area contributed by atoms with Crippen molar-refractivity contribution >= 4 is 39.3 Å². The predicted octanol–water partition coefficient (Wildman–Crippen LogP) is 3.94. The summed E-state index contributed by atoms with van der Waals surface area (Å²) in [5, 5.41) is 0.848. The minimum absolute atomic E-state index is 0.628. The highest BCUT2D eigenvalue weighted by Crippen LogP contribution is 2.38. The molecule has 3 rings (SSSR count). The lowest BCUT2D eigenvalue weighted by atomic mass is 9.96. The van der Waals surface area contributed by atoms with Crippen LogP contribution in [-0.4, -0.2) is 22.9 Å². The van der Waals surface area contributed by atoms with Gasteiger partial charge in [0.05, 0.1) is 6.61 Å². The van der Waals surface area contributed by atoms with E-state index in [0.717, 1.165) is 30.2 Å². The van der Waals surface area contributed by atoms with Crippen LogP contribution in [0.25, 0.3) is 0 Å². The molecule has 1 aromatic rings. The van der Waals surface area contributed by atoms with Crippen molar-refractivity contribution in [1.29, 1.82) is 0 Å². The maximum absolute atomic E-state index is 6.18. The zero-order valence-corrected chi connectivity index (χ0v) is 12.6. The lowest BCUT2D eigenvalue weighted by molar-refractivity contribution is 0.352. The fourth-order valence-corrected chi connectivity index (χ4v) is 5.27. The van der Waals surface area contributed by atoms with Gasteiger partial charge in [-0.2, -0.15) is 11.8 Å². The molecule has 2 atom stereocenters. The lowest BCUT2D eigenvalue weighted by Crippen LogP contribution is -2.14. The molecule has 2 aliphatic rings. The van der Waals surface area contributed by atoms with Crippen molar-refractivity contribution < 1.29 is 4.74 Å². The largest absolute Gasteiger partial charge is 0.493 e. The van der Waals surface area contributed by atoms with Crippen LogP contribution in [0.2, 0.25) is 5.02 Å². The van der Waals surface area contributed by atoms with E-state index in [-0.39, 0.29) is 0 Å². The summed E-state index contributed by atoms with van der Waals surface area (Å²) in [5.41, 5.74) is 2.58. The van der Waals surface area contributed by atoms with Gasteiger partial charge >= 0.3 is 0 Å². The highest BCUT2D eigenvalue weighted by atomic mass is 79.9. The van der Waals surface area contributed by atoms with E-state index in [0.29, 0.717) is 10.7 Å². The topological polar surface area (TPSA) is 9.23 Å². The van der Waals surface area contributed by atoms with Crippen molar-refractivity contribution in [3.63, 3.8) is 0 Å². The van der Waals surface area contributed by atoms with Crippen molar-refractivity contribution in [2.24, 2.45) is 5.92 Å². The Morgan fingerprint density at radius 3 is 3.06 bits per heavy atom. The molecule has 1 saturated heterocycles. The van der Waals surface area contributed by atoms with Crippen molar-refractivity contribution in [2.45, 2.75) is 17.7 Å². The van der Waals surface area contributed by atoms with Crippen LogP contribution in [0.15, 0.2) is 12.1 Å². The van der Waals surface area contributed by atoms with Gasteiger partial charge in [-0.3, -0.25) is 0 Å². The zero-order chi connectivity index (χ0) is 11.8. The molecule has 2 aliphatic heterocycles. The molecule has 1 nitrogen and oxygen atoms in total. The maximum atomic E-state index is 6.18. The number of fused-ring (bicyclic) bond motifs is 1. The molecule has 1 aromatic carbocycles. The van der Waals surface area contributed by atoms with E-state index in [1.165, 1.54) is 22.6 Å². The average molecular weight is 334 g/mol. The summed E-state index contributed by atoms with van der Waals surface area (Å²) >= 11 is 12.0. The van der Waals surface area contributed by atoms with E-state index in [1.54, 1.807) is 0 Å². The molecule has 1 fully saturated rings. The Balaban J connectivity index is 1.87. The van der Waals surface area contributed by atoms with Crippen molar-refractivity contribution in [3.05, 3.63) is 28.3 Å².